The topological polar surface area (TPSA) is 93.5 Å². The summed E-state index contributed by atoms with van der Waals surface area (Å²) >= 11 is 0. The molecule has 0 fully saturated rings. The summed E-state index contributed by atoms with van der Waals surface area (Å²) in [5, 5.41) is 9.50. The minimum atomic E-state index is -4.39. The number of anilines is 1. The molecular weight excluding hydrogens is 523 g/mol. The number of benzene rings is 3. The van der Waals surface area contributed by atoms with E-state index in [9.17, 15) is 22.8 Å². The number of alkyl halides is 3. The van der Waals surface area contributed by atoms with Crippen LogP contribution in [0.4, 0.5) is 23.7 Å². The number of nitrogens with one attached hydrogen (secondary N) is 2. The van der Waals surface area contributed by atoms with Crippen molar-refractivity contribution in [3.63, 3.8) is 0 Å². The molecule has 7 nitrogen and oxygen atoms in total. The van der Waals surface area contributed by atoms with Gasteiger partial charge in [0.1, 0.15) is 17.5 Å². The lowest BCUT2D eigenvalue weighted by atomic mass is 10.0. The Balaban J connectivity index is 1.37. The molecule has 4 aromatic rings. The number of rotatable bonds is 8. The first-order valence-corrected chi connectivity index (χ1v) is 12.6. The number of nitrogens with zero attached hydrogens (tertiary/aromatic N) is 1. The zero-order chi connectivity index (χ0) is 28.9. The maximum atomic E-state index is 12.8. The van der Waals surface area contributed by atoms with E-state index in [1.165, 1.54) is 12.1 Å². The second-order valence-corrected chi connectivity index (χ2v) is 9.41. The molecule has 1 heterocycles. The van der Waals surface area contributed by atoms with Crippen LogP contribution in [0.5, 0.6) is 0 Å². The fourth-order valence-electron chi connectivity index (χ4n) is 4.11. The van der Waals surface area contributed by atoms with Gasteiger partial charge in [0.2, 0.25) is 0 Å². The van der Waals surface area contributed by atoms with Crippen LogP contribution < -0.4 is 10.6 Å². The molecule has 2 N–H and O–H groups in total. The van der Waals surface area contributed by atoms with Gasteiger partial charge in [-0.15, -0.1) is 0 Å². The van der Waals surface area contributed by atoms with Crippen molar-refractivity contribution >= 4 is 17.7 Å². The van der Waals surface area contributed by atoms with Crippen molar-refractivity contribution in [3.05, 3.63) is 107 Å². The molecule has 0 saturated heterocycles. The summed E-state index contributed by atoms with van der Waals surface area (Å²) in [5.74, 6) is -0.0269. The first kappa shape index (κ1) is 28.4. The number of carbonyl (C=O) groups excluding carboxylic acids is 2. The van der Waals surface area contributed by atoms with Crippen molar-refractivity contribution in [3.8, 4) is 11.3 Å². The second kappa shape index (κ2) is 12.1. The van der Waals surface area contributed by atoms with Crippen LogP contribution in [0, 0.1) is 6.92 Å². The minimum absolute atomic E-state index is 0.310. The molecule has 40 heavy (non-hydrogen) atoms. The van der Waals surface area contributed by atoms with Gasteiger partial charge in [0.25, 0.3) is 5.91 Å². The Labute approximate surface area is 229 Å². The van der Waals surface area contributed by atoms with Crippen LogP contribution in [-0.2, 0) is 17.3 Å². The molecule has 2 unspecified atom stereocenters. The molecule has 4 rings (SSSR count). The molecule has 3 aromatic carbocycles. The maximum Gasteiger partial charge on any atom is 0.416 e. The predicted octanol–water partition coefficient (Wildman–Crippen LogP) is 7.34. The van der Waals surface area contributed by atoms with Gasteiger partial charge in [-0.2, -0.15) is 13.2 Å². The van der Waals surface area contributed by atoms with Gasteiger partial charge >= 0.3 is 12.3 Å². The van der Waals surface area contributed by atoms with Crippen molar-refractivity contribution in [2.45, 2.75) is 45.5 Å². The highest BCUT2D eigenvalue weighted by Gasteiger charge is 2.30. The molecule has 0 aliphatic rings. The lowest BCUT2D eigenvalue weighted by Crippen LogP contribution is -2.34. The summed E-state index contributed by atoms with van der Waals surface area (Å²) in [6.45, 7) is 5.23. The summed E-state index contributed by atoms with van der Waals surface area (Å²) in [4.78, 5) is 25.3. The zero-order valence-corrected chi connectivity index (χ0v) is 22.1. The van der Waals surface area contributed by atoms with Gasteiger partial charge in [-0.25, -0.2) is 4.79 Å². The SMILES string of the molecule is Cc1noc(-c2ccc(C(=O)NC(C)Cc3ccc(C(F)(F)F)cc3)cc2)c1NC(=O)OC(C)c1ccccc1. The minimum Gasteiger partial charge on any atom is -0.441 e. The number of aryl methyl sites for hydroxylation is 1. The number of carbonyl (C=O) groups is 2. The van der Waals surface area contributed by atoms with Crippen molar-refractivity contribution in [1.29, 1.82) is 0 Å². The van der Waals surface area contributed by atoms with E-state index in [4.69, 9.17) is 9.26 Å². The van der Waals surface area contributed by atoms with Crippen LogP contribution in [0.25, 0.3) is 11.3 Å². The fraction of sp³-hybridized carbons (Fsp3) is 0.233. The Morgan fingerprint density at radius 2 is 1.60 bits per heavy atom. The van der Waals surface area contributed by atoms with Crippen LogP contribution in [0.2, 0.25) is 0 Å². The summed E-state index contributed by atoms with van der Waals surface area (Å²) in [5.41, 5.74) is 2.58. The average molecular weight is 552 g/mol. The van der Waals surface area contributed by atoms with Gasteiger partial charge in [-0.05, 0) is 62.6 Å². The molecule has 1 aromatic heterocycles. The van der Waals surface area contributed by atoms with E-state index in [1.54, 1.807) is 45.0 Å². The number of hydrogen-bond acceptors (Lipinski definition) is 5. The van der Waals surface area contributed by atoms with Gasteiger partial charge in [0.15, 0.2) is 5.76 Å². The average Bonchev–Trinajstić information content (AvgIpc) is 3.28. The normalized spacial score (nSPS) is 12.8. The van der Waals surface area contributed by atoms with Crippen molar-refractivity contribution in [2.75, 3.05) is 5.32 Å². The van der Waals surface area contributed by atoms with E-state index < -0.39 is 23.9 Å². The van der Waals surface area contributed by atoms with Gasteiger partial charge in [-0.3, -0.25) is 10.1 Å². The van der Waals surface area contributed by atoms with Crippen molar-refractivity contribution in [2.24, 2.45) is 0 Å². The van der Waals surface area contributed by atoms with E-state index in [-0.39, 0.29) is 11.9 Å². The third-order valence-electron chi connectivity index (χ3n) is 6.25. The van der Waals surface area contributed by atoms with Crippen molar-refractivity contribution in [1.82, 2.24) is 10.5 Å². The molecule has 10 heteroatoms. The Kier molecular flexibility index (Phi) is 8.57. The van der Waals surface area contributed by atoms with E-state index in [0.717, 1.165) is 17.7 Å². The first-order valence-electron chi connectivity index (χ1n) is 12.6. The Hall–Kier alpha value is -4.60. The Bertz CT molecular complexity index is 1450. The van der Waals surface area contributed by atoms with Gasteiger partial charge < -0.3 is 14.6 Å². The molecule has 0 bridgehead atoms. The standard InChI is InChI=1S/C30H28F3N3O4/c1-18(17-21-9-15-25(16-10-21)30(31,32)33)34-28(37)24-13-11-23(12-14-24)27-26(19(2)36-40-27)35-29(38)39-20(3)22-7-5-4-6-8-22/h4-16,18,20H,17H2,1-3H3,(H,34,37)(H,35,38). The first-order chi connectivity index (χ1) is 19.0. The second-order valence-electron chi connectivity index (χ2n) is 9.41. The Morgan fingerprint density at radius 1 is 0.950 bits per heavy atom. The highest BCUT2D eigenvalue weighted by molar-refractivity contribution is 5.95. The van der Waals surface area contributed by atoms with E-state index in [0.29, 0.717) is 40.3 Å². The van der Waals surface area contributed by atoms with E-state index in [2.05, 4.69) is 15.8 Å². The summed E-state index contributed by atoms with van der Waals surface area (Å²) in [6, 6.07) is 20.4. The van der Waals surface area contributed by atoms with Crippen LogP contribution in [0.1, 0.15) is 52.7 Å². The smallest absolute Gasteiger partial charge is 0.416 e. The number of hydrogen-bond donors (Lipinski definition) is 2. The third-order valence-corrected chi connectivity index (χ3v) is 6.25. The number of ether oxygens (including phenoxy) is 1. The lowest BCUT2D eigenvalue weighted by Gasteiger charge is -2.15. The van der Waals surface area contributed by atoms with Crippen LogP contribution in [-0.4, -0.2) is 23.2 Å². The molecule has 0 saturated carbocycles. The summed E-state index contributed by atoms with van der Waals surface area (Å²) in [7, 11) is 0. The lowest BCUT2D eigenvalue weighted by molar-refractivity contribution is -0.137. The van der Waals surface area contributed by atoms with Crippen LogP contribution in [0.15, 0.2) is 83.4 Å². The van der Waals surface area contributed by atoms with E-state index in [1.807, 2.05) is 30.3 Å². The van der Waals surface area contributed by atoms with Gasteiger partial charge in [0, 0.05) is 17.2 Å². The molecule has 2 atom stereocenters. The van der Waals surface area contributed by atoms with Gasteiger partial charge in [0.05, 0.1) is 5.56 Å². The number of halogens is 3. The van der Waals surface area contributed by atoms with Crippen molar-refractivity contribution < 1.29 is 32.0 Å². The third kappa shape index (κ3) is 7.07. The van der Waals surface area contributed by atoms with E-state index >= 15 is 0 Å². The number of aromatic nitrogens is 1. The van der Waals surface area contributed by atoms with Crippen LogP contribution in [0.3, 0.4) is 0 Å². The summed E-state index contributed by atoms with van der Waals surface area (Å²) in [6.07, 6.45) is -5.16. The molecule has 0 radical (unpaired) electrons. The quantitative estimate of drug-likeness (QED) is 0.239. The highest BCUT2D eigenvalue weighted by atomic mass is 19.4. The summed E-state index contributed by atoms with van der Waals surface area (Å²) < 4.78 is 49.2. The number of amides is 2. The molecular formula is C30H28F3N3O4. The largest absolute Gasteiger partial charge is 0.441 e. The monoisotopic (exact) mass is 551 g/mol. The zero-order valence-electron chi connectivity index (χ0n) is 22.1. The van der Waals surface area contributed by atoms with Gasteiger partial charge in [-0.1, -0.05) is 59.8 Å². The molecule has 0 aliphatic carbocycles. The molecule has 0 aliphatic heterocycles. The molecule has 208 valence electrons. The van der Waals surface area contributed by atoms with Crippen LogP contribution >= 0.6 is 0 Å². The predicted molar refractivity (Wildman–Crippen MR) is 144 cm³/mol. The fourth-order valence-corrected chi connectivity index (χ4v) is 4.11. The molecule has 0 spiro atoms. The molecule has 2 amide bonds. The maximum absolute atomic E-state index is 12.8. The highest BCUT2D eigenvalue weighted by Crippen LogP contribution is 2.32. The Morgan fingerprint density at radius 3 is 2.23 bits per heavy atom.